The molecule has 0 saturated carbocycles. The van der Waals surface area contributed by atoms with Gasteiger partial charge in [-0.1, -0.05) is 61.0 Å². The summed E-state index contributed by atoms with van der Waals surface area (Å²) in [4.78, 5) is 21.1. The highest BCUT2D eigenvalue weighted by Crippen LogP contribution is 2.30. The molecule has 0 aliphatic carbocycles. The molecule has 0 spiro atoms. The van der Waals surface area contributed by atoms with Crippen LogP contribution in [-0.4, -0.2) is 60.6 Å². The van der Waals surface area contributed by atoms with Crippen LogP contribution in [0.5, 0.6) is 0 Å². The monoisotopic (exact) mass is 560 g/mol. The van der Waals surface area contributed by atoms with Crippen molar-refractivity contribution in [3.63, 3.8) is 0 Å². The third-order valence-corrected chi connectivity index (χ3v) is 8.46. The number of hydrogen-bond acceptors (Lipinski definition) is 6. The summed E-state index contributed by atoms with van der Waals surface area (Å²) in [5, 5.41) is 25.9. The van der Waals surface area contributed by atoms with Crippen LogP contribution in [0.25, 0.3) is 10.8 Å². The zero-order chi connectivity index (χ0) is 29.5. The van der Waals surface area contributed by atoms with E-state index in [9.17, 15) is 15.3 Å². The van der Waals surface area contributed by atoms with Crippen molar-refractivity contribution in [1.82, 2.24) is 15.1 Å². The SMILES string of the molecule is CC(C)N(C(=O)C(=C(C#N)C#N)C(Cc1cccc2ccccc12)N1CCNC1)c1cccc(CN2CCCCC2)c1. The third kappa shape index (κ3) is 6.55. The Morgan fingerprint density at radius 1 is 0.952 bits per heavy atom. The van der Waals surface area contributed by atoms with E-state index in [1.54, 1.807) is 4.90 Å². The van der Waals surface area contributed by atoms with Gasteiger partial charge in [-0.3, -0.25) is 14.6 Å². The molecule has 216 valence electrons. The first kappa shape index (κ1) is 29.5. The van der Waals surface area contributed by atoms with Crippen LogP contribution in [0.3, 0.4) is 0 Å². The van der Waals surface area contributed by atoms with Crippen molar-refractivity contribution in [2.24, 2.45) is 0 Å². The molecule has 2 aliphatic heterocycles. The summed E-state index contributed by atoms with van der Waals surface area (Å²) in [5.41, 5.74) is 3.19. The minimum atomic E-state index is -0.439. The van der Waals surface area contributed by atoms with Crippen LogP contribution in [0.2, 0.25) is 0 Å². The lowest BCUT2D eigenvalue weighted by molar-refractivity contribution is -0.116. The maximum atomic E-state index is 14.7. The van der Waals surface area contributed by atoms with Crippen LogP contribution in [0.15, 0.2) is 77.9 Å². The fourth-order valence-electron chi connectivity index (χ4n) is 6.40. The van der Waals surface area contributed by atoms with Crippen LogP contribution >= 0.6 is 0 Å². The van der Waals surface area contributed by atoms with Crippen molar-refractivity contribution in [1.29, 1.82) is 10.5 Å². The van der Waals surface area contributed by atoms with Crippen LogP contribution in [0.1, 0.15) is 44.2 Å². The first-order valence-electron chi connectivity index (χ1n) is 15.1. The maximum absolute atomic E-state index is 14.7. The van der Waals surface area contributed by atoms with E-state index in [4.69, 9.17) is 0 Å². The van der Waals surface area contributed by atoms with Crippen LogP contribution in [0, 0.1) is 22.7 Å². The van der Waals surface area contributed by atoms with E-state index in [0.29, 0.717) is 13.1 Å². The van der Waals surface area contributed by atoms with E-state index in [0.717, 1.165) is 60.3 Å². The summed E-state index contributed by atoms with van der Waals surface area (Å²) < 4.78 is 0. The Balaban J connectivity index is 1.55. The third-order valence-electron chi connectivity index (χ3n) is 8.46. The molecule has 1 amide bonds. The summed E-state index contributed by atoms with van der Waals surface area (Å²) in [5.74, 6) is -0.282. The van der Waals surface area contributed by atoms with Gasteiger partial charge >= 0.3 is 0 Å². The van der Waals surface area contributed by atoms with Gasteiger partial charge < -0.3 is 10.2 Å². The van der Waals surface area contributed by atoms with Crippen molar-refractivity contribution in [3.05, 3.63) is 89.0 Å². The smallest absolute Gasteiger partial charge is 0.258 e. The summed E-state index contributed by atoms with van der Waals surface area (Å²) in [6.45, 7) is 9.11. The number of amides is 1. The molecule has 1 unspecified atom stereocenters. The minimum absolute atomic E-state index is 0.118. The average molecular weight is 561 g/mol. The van der Waals surface area contributed by atoms with Gasteiger partial charge in [0.25, 0.3) is 5.91 Å². The highest BCUT2D eigenvalue weighted by atomic mass is 16.2. The second kappa shape index (κ2) is 13.8. The van der Waals surface area contributed by atoms with Crippen LogP contribution in [-0.2, 0) is 17.8 Å². The number of nitrogens with one attached hydrogen (secondary N) is 1. The van der Waals surface area contributed by atoms with E-state index in [-0.39, 0.29) is 23.1 Å². The van der Waals surface area contributed by atoms with Gasteiger partial charge in [-0.2, -0.15) is 10.5 Å². The molecule has 42 heavy (non-hydrogen) atoms. The van der Waals surface area contributed by atoms with Crippen LogP contribution < -0.4 is 10.2 Å². The Morgan fingerprint density at radius 2 is 1.69 bits per heavy atom. The number of hydrogen-bond donors (Lipinski definition) is 1. The Hall–Kier alpha value is -4.01. The number of anilines is 1. The highest BCUT2D eigenvalue weighted by Gasteiger charge is 2.36. The number of nitrogens with zero attached hydrogens (tertiary/aromatic N) is 5. The normalized spacial score (nSPS) is 16.6. The molecule has 2 aliphatic rings. The average Bonchev–Trinajstić information content (AvgIpc) is 3.55. The predicted molar refractivity (Wildman–Crippen MR) is 167 cm³/mol. The molecule has 0 aromatic heterocycles. The first-order valence-corrected chi connectivity index (χ1v) is 15.1. The van der Waals surface area contributed by atoms with Gasteiger partial charge in [-0.15, -0.1) is 0 Å². The topological polar surface area (TPSA) is 86.4 Å². The van der Waals surface area contributed by atoms with Crippen LogP contribution in [0.4, 0.5) is 5.69 Å². The molecular weight excluding hydrogens is 520 g/mol. The molecule has 1 N–H and O–H groups in total. The molecule has 7 nitrogen and oxygen atoms in total. The predicted octanol–water partition coefficient (Wildman–Crippen LogP) is 5.38. The van der Waals surface area contributed by atoms with E-state index < -0.39 is 6.04 Å². The minimum Gasteiger partial charge on any atom is -0.306 e. The van der Waals surface area contributed by atoms with Gasteiger partial charge in [0.15, 0.2) is 0 Å². The number of fused-ring (bicyclic) bond motifs is 1. The van der Waals surface area contributed by atoms with Gasteiger partial charge in [0, 0.05) is 44.1 Å². The number of benzene rings is 3. The molecular formula is C35H40N6O. The van der Waals surface area contributed by atoms with Gasteiger partial charge in [-0.05, 0) is 80.2 Å². The fourth-order valence-corrected chi connectivity index (χ4v) is 6.40. The standard InChI is InChI=1S/C35H40N6O/c1-26(2)41(31-14-8-10-27(20-31)24-39-17-6-3-7-18-39)35(42)34(30(22-36)23-37)33(40-19-16-38-25-40)21-29-13-9-12-28-11-4-5-15-32(28)29/h4-5,8-15,20,26,33,38H,3,6-7,16-19,21,24-25H2,1-2H3. The second-order valence-corrected chi connectivity index (χ2v) is 11.6. The van der Waals surface area contributed by atoms with Gasteiger partial charge in [0.2, 0.25) is 0 Å². The molecule has 2 heterocycles. The van der Waals surface area contributed by atoms with Gasteiger partial charge in [-0.25, -0.2) is 0 Å². The number of nitriles is 2. The van der Waals surface area contributed by atoms with E-state index in [1.807, 2.05) is 44.2 Å². The fraction of sp³-hybridized carbons (Fsp3) is 0.400. The lowest BCUT2D eigenvalue weighted by Crippen LogP contribution is -2.46. The first-order chi connectivity index (χ1) is 20.5. The zero-order valence-corrected chi connectivity index (χ0v) is 24.7. The van der Waals surface area contributed by atoms with E-state index in [1.165, 1.54) is 19.3 Å². The molecule has 3 aromatic rings. The number of carbonyl (C=O) groups excluding carboxylic acids is 1. The van der Waals surface area contributed by atoms with E-state index >= 15 is 0 Å². The van der Waals surface area contributed by atoms with Crippen molar-refractivity contribution < 1.29 is 4.79 Å². The molecule has 1 atom stereocenters. The number of rotatable bonds is 9. The van der Waals surface area contributed by atoms with Crippen molar-refractivity contribution in [2.45, 2.75) is 58.2 Å². The largest absolute Gasteiger partial charge is 0.306 e. The molecule has 2 saturated heterocycles. The second-order valence-electron chi connectivity index (χ2n) is 11.6. The lowest BCUT2D eigenvalue weighted by atomic mass is 9.90. The quantitative estimate of drug-likeness (QED) is 0.279. The van der Waals surface area contributed by atoms with Gasteiger partial charge in [0.05, 0.1) is 5.57 Å². The molecule has 3 aromatic carbocycles. The van der Waals surface area contributed by atoms with E-state index in [2.05, 4.69) is 63.7 Å². The number of piperidine rings is 1. The summed E-state index contributed by atoms with van der Waals surface area (Å²) in [6, 6.07) is 26.2. The summed E-state index contributed by atoms with van der Waals surface area (Å²) in [6.07, 6.45) is 4.24. The number of likely N-dealkylation sites (tertiary alicyclic amines) is 1. The zero-order valence-electron chi connectivity index (χ0n) is 24.7. The number of carbonyl (C=O) groups is 1. The Labute approximate surface area is 249 Å². The lowest BCUT2D eigenvalue weighted by Gasteiger charge is -2.34. The summed E-state index contributed by atoms with van der Waals surface area (Å²) in [7, 11) is 0. The molecule has 5 rings (SSSR count). The Bertz CT molecular complexity index is 1500. The molecule has 7 heteroatoms. The Kier molecular flexibility index (Phi) is 9.66. The maximum Gasteiger partial charge on any atom is 0.258 e. The van der Waals surface area contributed by atoms with Crippen molar-refractivity contribution in [3.8, 4) is 12.1 Å². The van der Waals surface area contributed by atoms with Crippen molar-refractivity contribution in [2.75, 3.05) is 37.7 Å². The molecule has 0 bridgehead atoms. The summed E-state index contributed by atoms with van der Waals surface area (Å²) >= 11 is 0. The molecule has 2 fully saturated rings. The molecule has 0 radical (unpaired) electrons. The highest BCUT2D eigenvalue weighted by molar-refractivity contribution is 6.08. The van der Waals surface area contributed by atoms with Crippen molar-refractivity contribution >= 4 is 22.4 Å². The number of allylic oxidation sites excluding steroid dienone is 1. The van der Waals surface area contributed by atoms with Gasteiger partial charge in [0.1, 0.15) is 17.7 Å². The Morgan fingerprint density at radius 3 is 2.40 bits per heavy atom.